The number of rotatable bonds is 5. The van der Waals surface area contributed by atoms with Gasteiger partial charge in [0.15, 0.2) is 5.82 Å². The van der Waals surface area contributed by atoms with Crippen molar-refractivity contribution in [2.75, 3.05) is 5.32 Å². The molecule has 1 fully saturated rings. The molecule has 0 spiro atoms. The number of pyridine rings is 1. The zero-order valence-corrected chi connectivity index (χ0v) is 16.0. The molecular formula is C23H20N4O2. The van der Waals surface area contributed by atoms with E-state index in [4.69, 9.17) is 9.97 Å². The van der Waals surface area contributed by atoms with Crippen LogP contribution in [0.2, 0.25) is 0 Å². The standard InChI is InChI=1S/C23H20N4O2/c1-13-4-2-3-5-18(13)25-22-21-17(12-24-20(27-21)10-14-6-7-14)16-9-8-15(23(28)29)11-19(16)26-22/h2-5,8-9,11-12,14H,6-7,10H2,1H3,(H,25,26)(H,28,29). The molecule has 2 aromatic carbocycles. The molecule has 144 valence electrons. The molecule has 0 radical (unpaired) electrons. The van der Waals surface area contributed by atoms with E-state index in [1.54, 1.807) is 18.2 Å². The second-order valence-electron chi connectivity index (χ2n) is 7.63. The maximum absolute atomic E-state index is 11.4. The van der Waals surface area contributed by atoms with Crippen molar-refractivity contribution in [1.82, 2.24) is 15.0 Å². The largest absolute Gasteiger partial charge is 0.478 e. The van der Waals surface area contributed by atoms with Crippen LogP contribution >= 0.6 is 0 Å². The molecule has 0 amide bonds. The summed E-state index contributed by atoms with van der Waals surface area (Å²) in [4.78, 5) is 25.6. The van der Waals surface area contributed by atoms with Crippen LogP contribution in [0, 0.1) is 12.8 Å². The van der Waals surface area contributed by atoms with Crippen molar-refractivity contribution in [3.05, 3.63) is 65.6 Å². The van der Waals surface area contributed by atoms with Gasteiger partial charge in [0.2, 0.25) is 0 Å². The normalized spacial score (nSPS) is 13.7. The van der Waals surface area contributed by atoms with Crippen molar-refractivity contribution >= 4 is 39.3 Å². The summed E-state index contributed by atoms with van der Waals surface area (Å²) in [6.07, 6.45) is 5.20. The summed E-state index contributed by atoms with van der Waals surface area (Å²) >= 11 is 0. The summed E-state index contributed by atoms with van der Waals surface area (Å²) in [5.74, 6) is 1.16. The van der Waals surface area contributed by atoms with Crippen molar-refractivity contribution in [1.29, 1.82) is 0 Å². The van der Waals surface area contributed by atoms with E-state index in [9.17, 15) is 9.90 Å². The number of carbonyl (C=O) groups is 1. The molecule has 2 heterocycles. The third-order valence-corrected chi connectivity index (χ3v) is 5.40. The number of anilines is 2. The molecule has 0 bridgehead atoms. The van der Waals surface area contributed by atoms with Crippen molar-refractivity contribution in [3.63, 3.8) is 0 Å². The molecule has 2 N–H and O–H groups in total. The SMILES string of the molecule is Cc1ccccc1Nc1nc2cc(C(=O)O)ccc2c2cnc(CC3CC3)nc12. The molecule has 29 heavy (non-hydrogen) atoms. The second-order valence-corrected chi connectivity index (χ2v) is 7.63. The van der Waals surface area contributed by atoms with Gasteiger partial charge in [-0.3, -0.25) is 0 Å². The number of aryl methyl sites for hydroxylation is 1. The zero-order valence-electron chi connectivity index (χ0n) is 16.0. The molecular weight excluding hydrogens is 364 g/mol. The highest BCUT2D eigenvalue weighted by molar-refractivity contribution is 6.09. The summed E-state index contributed by atoms with van der Waals surface area (Å²) in [6, 6.07) is 13.0. The van der Waals surface area contributed by atoms with Crippen LogP contribution in [0.25, 0.3) is 21.8 Å². The number of fused-ring (bicyclic) bond motifs is 3. The predicted molar refractivity (Wildman–Crippen MR) is 113 cm³/mol. The average Bonchev–Trinajstić information content (AvgIpc) is 3.53. The molecule has 6 heteroatoms. The molecule has 0 atom stereocenters. The van der Waals surface area contributed by atoms with Crippen molar-refractivity contribution < 1.29 is 9.90 Å². The minimum absolute atomic E-state index is 0.206. The number of carboxylic acids is 1. The number of para-hydroxylation sites is 1. The van der Waals surface area contributed by atoms with Crippen LogP contribution in [0.4, 0.5) is 11.5 Å². The first-order chi connectivity index (χ1) is 14.1. The zero-order chi connectivity index (χ0) is 20.0. The van der Waals surface area contributed by atoms with Crippen LogP contribution < -0.4 is 5.32 Å². The summed E-state index contributed by atoms with van der Waals surface area (Å²) in [6.45, 7) is 2.03. The highest BCUT2D eigenvalue weighted by atomic mass is 16.4. The lowest BCUT2D eigenvalue weighted by molar-refractivity contribution is 0.0697. The predicted octanol–water partition coefficient (Wildman–Crippen LogP) is 4.88. The van der Waals surface area contributed by atoms with Gasteiger partial charge in [0.25, 0.3) is 0 Å². The van der Waals surface area contributed by atoms with E-state index in [0.717, 1.165) is 39.8 Å². The third kappa shape index (κ3) is 3.38. The van der Waals surface area contributed by atoms with Crippen LogP contribution in [0.3, 0.4) is 0 Å². The summed E-state index contributed by atoms with van der Waals surface area (Å²) < 4.78 is 0. The van der Waals surface area contributed by atoms with Gasteiger partial charge in [0.05, 0.1) is 11.1 Å². The first-order valence-corrected chi connectivity index (χ1v) is 9.74. The average molecular weight is 384 g/mol. The van der Waals surface area contributed by atoms with E-state index in [0.29, 0.717) is 17.3 Å². The number of hydrogen-bond acceptors (Lipinski definition) is 5. The van der Waals surface area contributed by atoms with Crippen molar-refractivity contribution in [3.8, 4) is 0 Å². The monoisotopic (exact) mass is 384 g/mol. The summed E-state index contributed by atoms with van der Waals surface area (Å²) in [5, 5.41) is 14.5. The molecule has 5 rings (SSSR count). The van der Waals surface area contributed by atoms with Gasteiger partial charge < -0.3 is 10.4 Å². The van der Waals surface area contributed by atoms with Gasteiger partial charge in [-0.15, -0.1) is 0 Å². The number of benzene rings is 2. The first kappa shape index (κ1) is 17.6. The summed E-state index contributed by atoms with van der Waals surface area (Å²) in [5.41, 5.74) is 3.60. The summed E-state index contributed by atoms with van der Waals surface area (Å²) in [7, 11) is 0. The Morgan fingerprint density at radius 3 is 2.72 bits per heavy atom. The fraction of sp³-hybridized carbons (Fsp3) is 0.217. The van der Waals surface area contributed by atoms with Crippen LogP contribution in [-0.2, 0) is 6.42 Å². The lowest BCUT2D eigenvalue weighted by Gasteiger charge is -2.13. The number of nitrogens with zero attached hydrogens (tertiary/aromatic N) is 3. The van der Waals surface area contributed by atoms with E-state index in [2.05, 4.69) is 10.3 Å². The highest BCUT2D eigenvalue weighted by Crippen LogP contribution is 2.34. The van der Waals surface area contributed by atoms with Gasteiger partial charge in [-0.1, -0.05) is 24.3 Å². The third-order valence-electron chi connectivity index (χ3n) is 5.40. The van der Waals surface area contributed by atoms with Crippen LogP contribution in [0.5, 0.6) is 0 Å². The fourth-order valence-corrected chi connectivity index (χ4v) is 3.56. The highest BCUT2D eigenvalue weighted by Gasteiger charge is 2.23. The Balaban J connectivity index is 1.72. The minimum atomic E-state index is -0.974. The molecule has 4 aromatic rings. The number of hydrogen-bond donors (Lipinski definition) is 2. The number of aromatic nitrogens is 3. The smallest absolute Gasteiger partial charge is 0.335 e. The Morgan fingerprint density at radius 2 is 1.97 bits per heavy atom. The van der Waals surface area contributed by atoms with Crippen LogP contribution in [0.15, 0.2) is 48.7 Å². The van der Waals surface area contributed by atoms with Crippen molar-refractivity contribution in [2.45, 2.75) is 26.2 Å². The van der Waals surface area contributed by atoms with Crippen LogP contribution in [0.1, 0.15) is 34.6 Å². The maximum Gasteiger partial charge on any atom is 0.335 e. The van der Waals surface area contributed by atoms with Crippen molar-refractivity contribution in [2.24, 2.45) is 5.92 Å². The van der Waals surface area contributed by atoms with E-state index in [-0.39, 0.29) is 5.56 Å². The van der Waals surface area contributed by atoms with Gasteiger partial charge in [0.1, 0.15) is 11.3 Å². The number of aromatic carboxylic acids is 1. The van der Waals surface area contributed by atoms with E-state index < -0.39 is 5.97 Å². The Hall–Kier alpha value is -3.54. The fourth-order valence-electron chi connectivity index (χ4n) is 3.56. The lowest BCUT2D eigenvalue weighted by Crippen LogP contribution is -2.03. The Kier molecular flexibility index (Phi) is 4.12. The molecule has 0 saturated heterocycles. The molecule has 1 aliphatic carbocycles. The Morgan fingerprint density at radius 1 is 1.14 bits per heavy atom. The quantitative estimate of drug-likeness (QED) is 0.477. The number of nitrogens with one attached hydrogen (secondary N) is 1. The first-order valence-electron chi connectivity index (χ1n) is 9.74. The van der Waals surface area contributed by atoms with Crippen LogP contribution in [-0.4, -0.2) is 26.0 Å². The Labute approximate surface area is 167 Å². The van der Waals surface area contributed by atoms with E-state index in [1.165, 1.54) is 12.8 Å². The maximum atomic E-state index is 11.4. The van der Waals surface area contributed by atoms with Gasteiger partial charge >= 0.3 is 5.97 Å². The number of carboxylic acid groups (broad SMARTS) is 1. The molecule has 1 aliphatic rings. The molecule has 6 nitrogen and oxygen atoms in total. The second kappa shape index (κ2) is 6.81. The Bertz CT molecular complexity index is 1260. The molecule has 1 saturated carbocycles. The van der Waals surface area contributed by atoms with Gasteiger partial charge in [-0.05, 0) is 49.4 Å². The van der Waals surface area contributed by atoms with E-state index >= 15 is 0 Å². The molecule has 0 unspecified atom stereocenters. The minimum Gasteiger partial charge on any atom is -0.478 e. The molecule has 0 aliphatic heterocycles. The van der Waals surface area contributed by atoms with Gasteiger partial charge in [-0.2, -0.15) is 0 Å². The topological polar surface area (TPSA) is 88.0 Å². The lowest BCUT2D eigenvalue weighted by atomic mass is 10.1. The molecule has 2 aromatic heterocycles. The van der Waals surface area contributed by atoms with Gasteiger partial charge in [-0.25, -0.2) is 19.7 Å². The van der Waals surface area contributed by atoms with E-state index in [1.807, 2.05) is 37.4 Å². The van der Waals surface area contributed by atoms with Gasteiger partial charge in [0, 0.05) is 29.1 Å².